The Labute approximate surface area is 164 Å². The van der Waals surface area contributed by atoms with Crippen LogP contribution in [0, 0.1) is 13.8 Å². The lowest BCUT2D eigenvalue weighted by atomic mass is 10.1. The summed E-state index contributed by atoms with van der Waals surface area (Å²) in [7, 11) is 0. The summed E-state index contributed by atoms with van der Waals surface area (Å²) in [6.45, 7) is 3.73. The smallest absolute Gasteiger partial charge is 0.262 e. The lowest BCUT2D eigenvalue weighted by Gasteiger charge is -2.13. The first-order valence-corrected chi connectivity index (χ1v) is 8.98. The standard InChI is InChI=1S/C23H22N2O3/c1-16-8-7-10-18(14-16)24-23(27)19-11-4-5-12-20(19)25-22(26)15-28-21-13-6-3-9-17(21)2/h3-14H,15H2,1-2H3,(H,24,27)(H,25,26). The Morgan fingerprint density at radius 2 is 1.61 bits per heavy atom. The molecule has 0 aliphatic carbocycles. The molecule has 0 unspecified atom stereocenters. The van der Waals surface area contributed by atoms with E-state index in [4.69, 9.17) is 4.74 Å². The zero-order valence-electron chi connectivity index (χ0n) is 15.9. The molecule has 0 heterocycles. The number of benzene rings is 3. The molecule has 0 bridgehead atoms. The topological polar surface area (TPSA) is 67.4 Å². The Morgan fingerprint density at radius 3 is 2.39 bits per heavy atom. The highest BCUT2D eigenvalue weighted by Gasteiger charge is 2.14. The maximum absolute atomic E-state index is 12.7. The van der Waals surface area contributed by atoms with Crippen LogP contribution in [0.25, 0.3) is 0 Å². The van der Waals surface area contributed by atoms with Crippen molar-refractivity contribution in [1.82, 2.24) is 0 Å². The first-order chi connectivity index (χ1) is 13.5. The van der Waals surface area contributed by atoms with Crippen molar-refractivity contribution >= 4 is 23.2 Å². The summed E-state index contributed by atoms with van der Waals surface area (Å²) in [6.07, 6.45) is 0. The minimum Gasteiger partial charge on any atom is -0.483 e. The fourth-order valence-corrected chi connectivity index (χ4v) is 2.76. The van der Waals surface area contributed by atoms with Crippen LogP contribution in [0.5, 0.6) is 5.75 Å². The number of ether oxygens (including phenoxy) is 1. The summed E-state index contributed by atoms with van der Waals surface area (Å²) in [4.78, 5) is 25.0. The number of carbonyl (C=O) groups excluding carboxylic acids is 2. The summed E-state index contributed by atoms with van der Waals surface area (Å²) >= 11 is 0. The number of nitrogens with one attached hydrogen (secondary N) is 2. The molecule has 142 valence electrons. The molecular formula is C23H22N2O3. The SMILES string of the molecule is Cc1cccc(NC(=O)c2ccccc2NC(=O)COc2ccccc2C)c1. The first kappa shape index (κ1) is 19.2. The summed E-state index contributed by atoms with van der Waals surface area (Å²) in [5.74, 6) is 0.0310. The number of para-hydroxylation sites is 2. The lowest BCUT2D eigenvalue weighted by Crippen LogP contribution is -2.23. The van der Waals surface area contributed by atoms with E-state index in [1.165, 1.54) is 0 Å². The maximum Gasteiger partial charge on any atom is 0.262 e. The molecule has 0 aliphatic heterocycles. The van der Waals surface area contributed by atoms with Gasteiger partial charge in [-0.2, -0.15) is 0 Å². The molecule has 3 rings (SSSR count). The Hall–Kier alpha value is -3.60. The predicted molar refractivity (Wildman–Crippen MR) is 111 cm³/mol. The van der Waals surface area contributed by atoms with Crippen molar-refractivity contribution < 1.29 is 14.3 Å². The van der Waals surface area contributed by atoms with E-state index >= 15 is 0 Å². The Kier molecular flexibility index (Phi) is 6.07. The zero-order valence-corrected chi connectivity index (χ0v) is 15.9. The molecule has 0 atom stereocenters. The van der Waals surface area contributed by atoms with Gasteiger partial charge in [-0.1, -0.05) is 42.5 Å². The minimum absolute atomic E-state index is 0.140. The molecule has 2 amide bonds. The van der Waals surface area contributed by atoms with E-state index in [0.29, 0.717) is 22.7 Å². The monoisotopic (exact) mass is 374 g/mol. The molecule has 0 aliphatic rings. The van der Waals surface area contributed by atoms with Crippen molar-refractivity contribution in [2.75, 3.05) is 17.2 Å². The maximum atomic E-state index is 12.7. The van der Waals surface area contributed by atoms with E-state index in [9.17, 15) is 9.59 Å². The third kappa shape index (κ3) is 4.98. The van der Waals surface area contributed by atoms with Crippen molar-refractivity contribution in [3.63, 3.8) is 0 Å². The summed E-state index contributed by atoms with van der Waals surface area (Å²) < 4.78 is 5.57. The van der Waals surface area contributed by atoms with Crippen LogP contribution in [0.3, 0.4) is 0 Å². The third-order valence-corrected chi connectivity index (χ3v) is 4.17. The molecule has 0 fully saturated rings. The molecule has 0 spiro atoms. The van der Waals surface area contributed by atoms with Gasteiger partial charge < -0.3 is 15.4 Å². The van der Waals surface area contributed by atoms with Gasteiger partial charge in [-0.05, 0) is 55.3 Å². The van der Waals surface area contributed by atoms with Gasteiger partial charge in [0.1, 0.15) is 5.75 Å². The quantitative estimate of drug-likeness (QED) is 0.664. The fraction of sp³-hybridized carbons (Fsp3) is 0.130. The lowest BCUT2D eigenvalue weighted by molar-refractivity contribution is -0.118. The first-order valence-electron chi connectivity index (χ1n) is 8.98. The number of hydrogen-bond acceptors (Lipinski definition) is 3. The highest BCUT2D eigenvalue weighted by atomic mass is 16.5. The number of carbonyl (C=O) groups is 2. The molecule has 0 saturated heterocycles. The van der Waals surface area contributed by atoms with E-state index in [0.717, 1.165) is 11.1 Å². The molecule has 3 aromatic rings. The number of hydrogen-bond donors (Lipinski definition) is 2. The van der Waals surface area contributed by atoms with Gasteiger partial charge in [0.05, 0.1) is 11.3 Å². The van der Waals surface area contributed by atoms with Crippen molar-refractivity contribution in [2.45, 2.75) is 13.8 Å². The molecule has 0 saturated carbocycles. The molecule has 2 N–H and O–H groups in total. The van der Waals surface area contributed by atoms with Crippen molar-refractivity contribution in [2.24, 2.45) is 0 Å². The van der Waals surface area contributed by atoms with Crippen molar-refractivity contribution in [3.8, 4) is 5.75 Å². The van der Waals surface area contributed by atoms with E-state index < -0.39 is 0 Å². The molecule has 0 radical (unpaired) electrons. The number of aryl methyl sites for hydroxylation is 2. The normalized spacial score (nSPS) is 10.2. The Morgan fingerprint density at radius 1 is 0.857 bits per heavy atom. The van der Waals surface area contributed by atoms with Gasteiger partial charge >= 0.3 is 0 Å². The largest absolute Gasteiger partial charge is 0.483 e. The van der Waals surface area contributed by atoms with Gasteiger partial charge in [0.2, 0.25) is 0 Å². The average Bonchev–Trinajstić information content (AvgIpc) is 2.68. The van der Waals surface area contributed by atoms with E-state index in [1.807, 2.05) is 62.4 Å². The van der Waals surface area contributed by atoms with Crippen LogP contribution in [-0.4, -0.2) is 18.4 Å². The highest BCUT2D eigenvalue weighted by molar-refractivity contribution is 6.10. The molecule has 3 aromatic carbocycles. The minimum atomic E-state index is -0.334. The van der Waals surface area contributed by atoms with Crippen LogP contribution in [0.1, 0.15) is 21.5 Å². The Bertz CT molecular complexity index is 998. The van der Waals surface area contributed by atoms with Gasteiger partial charge in [-0.3, -0.25) is 9.59 Å². The summed E-state index contributed by atoms with van der Waals surface area (Å²) in [5, 5.41) is 5.61. The van der Waals surface area contributed by atoms with Crippen LogP contribution >= 0.6 is 0 Å². The van der Waals surface area contributed by atoms with Crippen LogP contribution in [0.2, 0.25) is 0 Å². The second-order valence-electron chi connectivity index (χ2n) is 6.47. The second-order valence-corrected chi connectivity index (χ2v) is 6.47. The van der Waals surface area contributed by atoms with Gasteiger partial charge in [-0.25, -0.2) is 0 Å². The Balaban J connectivity index is 1.67. The predicted octanol–water partition coefficient (Wildman–Crippen LogP) is 4.57. The summed E-state index contributed by atoms with van der Waals surface area (Å²) in [5.41, 5.74) is 3.52. The molecule has 5 heteroatoms. The van der Waals surface area contributed by atoms with E-state index in [2.05, 4.69) is 10.6 Å². The molecule has 5 nitrogen and oxygen atoms in total. The van der Waals surface area contributed by atoms with Crippen LogP contribution in [0.4, 0.5) is 11.4 Å². The van der Waals surface area contributed by atoms with Gasteiger partial charge in [0.25, 0.3) is 11.8 Å². The zero-order chi connectivity index (χ0) is 19.9. The van der Waals surface area contributed by atoms with E-state index in [-0.39, 0.29) is 18.4 Å². The van der Waals surface area contributed by atoms with Gasteiger partial charge in [0, 0.05) is 5.69 Å². The van der Waals surface area contributed by atoms with E-state index in [1.54, 1.807) is 24.3 Å². The van der Waals surface area contributed by atoms with Crippen molar-refractivity contribution in [1.29, 1.82) is 0 Å². The van der Waals surface area contributed by atoms with Crippen LogP contribution in [0.15, 0.2) is 72.8 Å². The van der Waals surface area contributed by atoms with Gasteiger partial charge in [-0.15, -0.1) is 0 Å². The van der Waals surface area contributed by atoms with Crippen molar-refractivity contribution in [3.05, 3.63) is 89.5 Å². The number of anilines is 2. The van der Waals surface area contributed by atoms with Crippen LogP contribution in [-0.2, 0) is 4.79 Å². The number of rotatable bonds is 6. The molecule has 0 aromatic heterocycles. The summed E-state index contributed by atoms with van der Waals surface area (Å²) in [6, 6.07) is 21.9. The second kappa shape index (κ2) is 8.86. The van der Waals surface area contributed by atoms with Crippen LogP contribution < -0.4 is 15.4 Å². The molecular weight excluding hydrogens is 352 g/mol. The third-order valence-electron chi connectivity index (χ3n) is 4.17. The number of amides is 2. The highest BCUT2D eigenvalue weighted by Crippen LogP contribution is 2.19. The fourth-order valence-electron chi connectivity index (χ4n) is 2.76. The average molecular weight is 374 g/mol. The molecule has 28 heavy (non-hydrogen) atoms. The van der Waals surface area contributed by atoms with Gasteiger partial charge in [0.15, 0.2) is 6.61 Å².